The largest absolute Gasteiger partial charge is 1.00 e. The molecule has 0 fully saturated rings. The van der Waals surface area contributed by atoms with Crippen LogP contribution in [0.3, 0.4) is 0 Å². The second kappa shape index (κ2) is 3.54. The third kappa shape index (κ3) is 1.72. The number of rotatable bonds is 2. The average molecular weight is 254 g/mol. The van der Waals surface area contributed by atoms with Gasteiger partial charge in [-0.15, -0.1) is 0 Å². The van der Waals surface area contributed by atoms with E-state index in [1.54, 1.807) is 6.56 Å². The van der Waals surface area contributed by atoms with E-state index >= 15 is 0 Å². The van der Waals surface area contributed by atoms with Gasteiger partial charge in [-0.3, -0.25) is 0 Å². The van der Waals surface area contributed by atoms with E-state index in [4.69, 9.17) is 0 Å². The Balaban J connectivity index is 0.000000980. The summed E-state index contributed by atoms with van der Waals surface area (Å²) in [6, 6.07) is 0. The summed E-state index contributed by atoms with van der Waals surface area (Å²) in [5.74, 6) is 0. The first-order valence-corrected chi connectivity index (χ1v) is 12.3. The van der Waals surface area contributed by atoms with Crippen molar-refractivity contribution in [3.05, 3.63) is 43.0 Å². The maximum atomic E-state index is 2.53. The molecule has 0 nitrogen and oxygen atoms in total. The van der Waals surface area contributed by atoms with Crippen molar-refractivity contribution in [2.45, 2.75) is 22.1 Å². The maximum Gasteiger partial charge on any atom is -1.00 e. The van der Waals surface area contributed by atoms with Crippen LogP contribution in [-0.2, 0) is 20.3 Å². The van der Waals surface area contributed by atoms with Gasteiger partial charge >= 0.3 is 85.4 Å². The molecule has 0 unspecified atom stereocenters. The minimum absolute atomic E-state index is 0. The van der Waals surface area contributed by atoms with E-state index in [0.29, 0.717) is 0 Å². The van der Waals surface area contributed by atoms with E-state index in [1.807, 2.05) is 0 Å². The third-order valence-electron chi connectivity index (χ3n) is 3.15. The summed E-state index contributed by atoms with van der Waals surface area (Å²) in [5.41, 5.74) is 0. The topological polar surface area (TPSA) is 0 Å². The number of hydrogen-bond donors (Lipinski definition) is 0. The monoisotopic (exact) mass is 252 g/mol. The summed E-state index contributed by atoms with van der Waals surface area (Å²) < 4.78 is 8.58. The van der Waals surface area contributed by atoms with Crippen LogP contribution in [0, 0.1) is 0 Å². The summed E-state index contributed by atoms with van der Waals surface area (Å²) in [5, 5.41) is 0. The van der Waals surface area contributed by atoms with Gasteiger partial charge in [-0.1, -0.05) is 0 Å². The Morgan fingerprint density at radius 3 is 1.77 bits per heavy atom. The van der Waals surface area contributed by atoms with E-state index < -0.39 is 20.3 Å². The quantitative estimate of drug-likeness (QED) is 0.693. The smallest absolute Gasteiger partial charge is 1.00 e. The van der Waals surface area contributed by atoms with Crippen LogP contribution in [0.15, 0.2) is 43.0 Å². The van der Waals surface area contributed by atoms with Crippen LogP contribution >= 0.6 is 0 Å². The zero-order valence-corrected chi connectivity index (χ0v) is 10.8. The van der Waals surface area contributed by atoms with Crippen LogP contribution in [0.2, 0.25) is 9.26 Å². The standard InChI is InChI=1S/2C5H5.2CH3.Zr.2H/c2*1-2-4-5-3-1;;;;;/h2*1-3H,4H2;2*1H3;;;/q;;;;;2*-1. The molecule has 0 N–H and O–H groups in total. The predicted octanol–water partition coefficient (Wildman–Crippen LogP) is 4.15. The maximum absolute atomic E-state index is 2.53. The fourth-order valence-electron chi connectivity index (χ4n) is 2.03. The Labute approximate surface area is 88.1 Å². The van der Waals surface area contributed by atoms with Gasteiger partial charge in [-0.05, 0) is 0 Å². The molecule has 0 aromatic carbocycles. The third-order valence-corrected chi connectivity index (χ3v) is 12.9. The van der Waals surface area contributed by atoms with Gasteiger partial charge in [0.2, 0.25) is 0 Å². The van der Waals surface area contributed by atoms with Gasteiger partial charge < -0.3 is 2.85 Å². The Kier molecular flexibility index (Phi) is 2.56. The van der Waals surface area contributed by atoms with Crippen molar-refractivity contribution in [1.82, 2.24) is 0 Å². The number of hydrogen-bond acceptors (Lipinski definition) is 0. The minimum atomic E-state index is -2.01. The van der Waals surface area contributed by atoms with Crippen molar-refractivity contribution in [3.8, 4) is 0 Å². The molecule has 0 saturated heterocycles. The molecular weight excluding hydrogens is 235 g/mol. The van der Waals surface area contributed by atoms with Gasteiger partial charge in [0, 0.05) is 0 Å². The molecule has 0 aliphatic heterocycles. The Bertz CT molecular complexity index is 304. The van der Waals surface area contributed by atoms with Crippen LogP contribution in [-0.4, -0.2) is 0 Å². The summed E-state index contributed by atoms with van der Waals surface area (Å²) in [6.07, 6.45) is 16.2. The van der Waals surface area contributed by atoms with Crippen molar-refractivity contribution in [2.24, 2.45) is 0 Å². The predicted molar refractivity (Wildman–Crippen MR) is 57.6 cm³/mol. The second-order valence-electron chi connectivity index (χ2n) is 4.27. The zero-order valence-electron chi connectivity index (χ0n) is 10.4. The molecule has 2 aliphatic carbocycles. The molecule has 1 heteroatoms. The van der Waals surface area contributed by atoms with Gasteiger partial charge in [0.15, 0.2) is 0 Å². The molecule has 0 aromatic heterocycles. The van der Waals surface area contributed by atoms with Crippen LogP contribution in [0.5, 0.6) is 0 Å². The molecule has 2 aliphatic rings. The minimum Gasteiger partial charge on any atom is -1.00 e. The number of allylic oxidation sites excluding steroid dienone is 8. The molecule has 72 valence electrons. The van der Waals surface area contributed by atoms with Crippen LogP contribution < -0.4 is 0 Å². The molecule has 0 atom stereocenters. The SMILES string of the molecule is [CH3][Zr]([CH3])([C]1=CC=CC1)[C]1=CC=CC1.[H-].[H-]. The summed E-state index contributed by atoms with van der Waals surface area (Å²) in [4.78, 5) is 0. The van der Waals surface area contributed by atoms with E-state index in [-0.39, 0.29) is 2.85 Å². The van der Waals surface area contributed by atoms with Gasteiger partial charge in [0.1, 0.15) is 0 Å². The second-order valence-corrected chi connectivity index (χ2v) is 15.4. The molecule has 0 heterocycles. The Morgan fingerprint density at radius 2 is 1.46 bits per heavy atom. The van der Waals surface area contributed by atoms with Gasteiger partial charge in [0.05, 0.1) is 0 Å². The normalized spacial score (nSPS) is 20.8. The van der Waals surface area contributed by atoms with Gasteiger partial charge in [-0.25, -0.2) is 0 Å². The first kappa shape index (κ1) is 9.40. The first-order valence-electron chi connectivity index (χ1n) is 4.93. The molecule has 0 bridgehead atoms. The van der Waals surface area contributed by atoms with Gasteiger partial charge in [-0.2, -0.15) is 0 Å². The molecular formula is C12H18Zr-2. The average Bonchev–Trinajstić information content (AvgIpc) is 2.78. The molecule has 0 aromatic rings. The van der Waals surface area contributed by atoms with E-state index in [2.05, 4.69) is 45.7 Å². The summed E-state index contributed by atoms with van der Waals surface area (Å²) >= 11 is -2.01. The Morgan fingerprint density at radius 1 is 1.00 bits per heavy atom. The molecule has 0 spiro atoms. The van der Waals surface area contributed by atoms with Crippen molar-refractivity contribution >= 4 is 0 Å². The van der Waals surface area contributed by atoms with E-state index in [1.165, 1.54) is 12.8 Å². The van der Waals surface area contributed by atoms with Crippen molar-refractivity contribution in [1.29, 1.82) is 0 Å². The van der Waals surface area contributed by atoms with Crippen molar-refractivity contribution < 1.29 is 23.1 Å². The van der Waals surface area contributed by atoms with Crippen LogP contribution in [0.4, 0.5) is 0 Å². The molecule has 13 heavy (non-hydrogen) atoms. The summed E-state index contributed by atoms with van der Waals surface area (Å²) in [7, 11) is 0. The van der Waals surface area contributed by atoms with Crippen molar-refractivity contribution in [2.75, 3.05) is 0 Å². The van der Waals surface area contributed by atoms with E-state index in [9.17, 15) is 0 Å². The van der Waals surface area contributed by atoms with E-state index in [0.717, 1.165) is 0 Å². The summed E-state index contributed by atoms with van der Waals surface area (Å²) in [6.45, 7) is 0. The fourth-order valence-corrected chi connectivity index (χ4v) is 8.65. The van der Waals surface area contributed by atoms with Crippen molar-refractivity contribution in [3.63, 3.8) is 0 Å². The Hall–Kier alpha value is -0.157. The molecule has 0 radical (unpaired) electrons. The molecule has 0 saturated carbocycles. The first-order chi connectivity index (χ1) is 6.21. The van der Waals surface area contributed by atoms with Crippen LogP contribution in [0.25, 0.3) is 0 Å². The fraction of sp³-hybridized carbons (Fsp3) is 0.333. The van der Waals surface area contributed by atoms with Gasteiger partial charge in [0.25, 0.3) is 0 Å². The van der Waals surface area contributed by atoms with Crippen LogP contribution in [0.1, 0.15) is 15.7 Å². The zero-order chi connectivity index (χ0) is 9.31. The molecule has 0 amide bonds. The molecule has 2 rings (SSSR count).